The topological polar surface area (TPSA) is 82.0 Å². The largest absolute Gasteiger partial charge is 0.454 e. The Hall–Kier alpha value is -4.71. The van der Waals surface area contributed by atoms with Crippen LogP contribution in [0.15, 0.2) is 91.1 Å². The van der Waals surface area contributed by atoms with Crippen LogP contribution in [0, 0.1) is 13.8 Å². The second kappa shape index (κ2) is 9.88. The molecule has 0 aliphatic rings. The molecule has 0 amide bonds. The van der Waals surface area contributed by atoms with Crippen molar-refractivity contribution in [1.82, 2.24) is 15.0 Å². The van der Waals surface area contributed by atoms with Gasteiger partial charge in [-0.3, -0.25) is 9.78 Å². The SMILES string of the molecule is Cc1ccc(-c2nc3ccc(C(=O)OCC(=O)c4ccccn4)cc3nc2-c2ccc(C)cc2)cc1. The number of esters is 1. The molecule has 0 aliphatic carbocycles. The van der Waals surface area contributed by atoms with Crippen molar-refractivity contribution < 1.29 is 14.3 Å². The zero-order valence-corrected chi connectivity index (χ0v) is 19.9. The maximum atomic E-state index is 12.7. The molecule has 36 heavy (non-hydrogen) atoms. The zero-order valence-electron chi connectivity index (χ0n) is 19.9. The number of carbonyl (C=O) groups is 2. The highest BCUT2D eigenvalue weighted by atomic mass is 16.5. The number of benzene rings is 3. The summed E-state index contributed by atoms with van der Waals surface area (Å²) < 4.78 is 5.25. The molecule has 0 N–H and O–H groups in total. The van der Waals surface area contributed by atoms with Crippen molar-refractivity contribution in [3.63, 3.8) is 0 Å². The van der Waals surface area contributed by atoms with Gasteiger partial charge in [-0.2, -0.15) is 0 Å². The van der Waals surface area contributed by atoms with Crippen LogP contribution in [-0.4, -0.2) is 33.3 Å². The third kappa shape index (κ3) is 4.88. The number of fused-ring (bicyclic) bond motifs is 1. The third-order valence-electron chi connectivity index (χ3n) is 5.83. The maximum absolute atomic E-state index is 12.7. The summed E-state index contributed by atoms with van der Waals surface area (Å²) in [5, 5.41) is 0. The highest BCUT2D eigenvalue weighted by Gasteiger charge is 2.17. The Kier molecular flexibility index (Phi) is 6.33. The molecule has 6 heteroatoms. The molecule has 2 heterocycles. The first-order valence-electron chi connectivity index (χ1n) is 11.6. The van der Waals surface area contributed by atoms with E-state index in [0.29, 0.717) is 16.6 Å². The first kappa shape index (κ1) is 23.1. The summed E-state index contributed by atoms with van der Waals surface area (Å²) in [7, 11) is 0. The zero-order chi connectivity index (χ0) is 25.1. The summed E-state index contributed by atoms with van der Waals surface area (Å²) in [6, 6.07) is 26.3. The Labute approximate surface area is 208 Å². The van der Waals surface area contributed by atoms with E-state index >= 15 is 0 Å². The minimum Gasteiger partial charge on any atom is -0.454 e. The van der Waals surface area contributed by atoms with Gasteiger partial charge in [-0.05, 0) is 44.2 Å². The molecule has 0 radical (unpaired) electrons. The molecule has 0 saturated carbocycles. The van der Waals surface area contributed by atoms with E-state index < -0.39 is 5.97 Å². The molecule has 6 nitrogen and oxygen atoms in total. The second-order valence-corrected chi connectivity index (χ2v) is 8.57. The number of Topliss-reactive ketones (excluding diaryl/α,β-unsaturated/α-hetero) is 1. The fraction of sp³-hybridized carbons (Fsp3) is 0.100. The van der Waals surface area contributed by atoms with E-state index in [9.17, 15) is 9.59 Å². The summed E-state index contributed by atoms with van der Waals surface area (Å²) in [6.45, 7) is 3.69. The smallest absolute Gasteiger partial charge is 0.338 e. The molecule has 176 valence electrons. The predicted molar refractivity (Wildman–Crippen MR) is 139 cm³/mol. The quantitative estimate of drug-likeness (QED) is 0.222. The summed E-state index contributed by atoms with van der Waals surface area (Å²) in [5.74, 6) is -0.976. The van der Waals surface area contributed by atoms with Gasteiger partial charge in [0.15, 0.2) is 6.61 Å². The summed E-state index contributed by atoms with van der Waals surface area (Å²) in [6.07, 6.45) is 1.52. The molecule has 3 aromatic carbocycles. The molecule has 2 aromatic heterocycles. The van der Waals surface area contributed by atoms with Gasteiger partial charge in [0.25, 0.3) is 0 Å². The highest BCUT2D eigenvalue weighted by molar-refractivity contribution is 5.99. The number of hydrogen-bond donors (Lipinski definition) is 0. The van der Waals surface area contributed by atoms with Gasteiger partial charge < -0.3 is 4.74 Å². The minimum absolute atomic E-state index is 0.251. The maximum Gasteiger partial charge on any atom is 0.338 e. The second-order valence-electron chi connectivity index (χ2n) is 8.57. The van der Waals surface area contributed by atoms with Crippen LogP contribution in [0.4, 0.5) is 0 Å². The lowest BCUT2D eigenvalue weighted by atomic mass is 10.0. The van der Waals surface area contributed by atoms with Gasteiger partial charge in [0.2, 0.25) is 5.78 Å². The van der Waals surface area contributed by atoms with E-state index in [4.69, 9.17) is 14.7 Å². The Morgan fingerprint density at radius 1 is 0.722 bits per heavy atom. The van der Waals surface area contributed by atoms with Crippen molar-refractivity contribution in [2.45, 2.75) is 13.8 Å². The predicted octanol–water partition coefficient (Wildman–Crippen LogP) is 6.02. The summed E-state index contributed by atoms with van der Waals surface area (Å²) >= 11 is 0. The van der Waals surface area contributed by atoms with Crippen LogP contribution in [0.3, 0.4) is 0 Å². The van der Waals surface area contributed by atoms with Crippen LogP contribution in [0.1, 0.15) is 32.0 Å². The van der Waals surface area contributed by atoms with Gasteiger partial charge in [-0.1, -0.05) is 65.7 Å². The van der Waals surface area contributed by atoms with Crippen LogP contribution in [0.25, 0.3) is 33.5 Å². The average molecular weight is 474 g/mol. The standard InChI is InChI=1S/C30H23N3O3/c1-19-6-10-21(11-7-19)28-29(22-12-8-20(2)9-13-22)33-26-17-23(14-15-24(26)32-28)30(35)36-18-27(34)25-5-3-4-16-31-25/h3-17H,18H2,1-2H3. The molecule has 5 rings (SSSR count). The lowest BCUT2D eigenvalue weighted by molar-refractivity contribution is 0.0473. The van der Waals surface area contributed by atoms with Gasteiger partial charge in [-0.25, -0.2) is 14.8 Å². The van der Waals surface area contributed by atoms with Crippen LogP contribution < -0.4 is 0 Å². The molecule has 0 atom stereocenters. The van der Waals surface area contributed by atoms with E-state index in [2.05, 4.69) is 4.98 Å². The number of ketones is 1. The van der Waals surface area contributed by atoms with Crippen LogP contribution in [0.2, 0.25) is 0 Å². The van der Waals surface area contributed by atoms with Crippen molar-refractivity contribution in [3.8, 4) is 22.5 Å². The summed E-state index contributed by atoms with van der Waals surface area (Å²) in [4.78, 5) is 38.8. The molecular weight excluding hydrogens is 450 g/mol. The molecule has 0 aliphatic heterocycles. The van der Waals surface area contributed by atoms with Gasteiger partial charge in [0, 0.05) is 17.3 Å². The molecule has 0 saturated heterocycles. The van der Waals surface area contributed by atoms with Gasteiger partial charge in [-0.15, -0.1) is 0 Å². The van der Waals surface area contributed by atoms with Crippen molar-refractivity contribution in [3.05, 3.63) is 114 Å². The Morgan fingerprint density at radius 2 is 1.33 bits per heavy atom. The number of aromatic nitrogens is 3. The number of rotatable bonds is 6. The van der Waals surface area contributed by atoms with Gasteiger partial charge in [0.1, 0.15) is 5.69 Å². The van der Waals surface area contributed by atoms with E-state index in [1.165, 1.54) is 6.20 Å². The Bertz CT molecular complexity index is 1560. The monoisotopic (exact) mass is 473 g/mol. The molecule has 0 spiro atoms. The van der Waals surface area contributed by atoms with E-state index in [0.717, 1.165) is 33.6 Å². The Morgan fingerprint density at radius 3 is 1.92 bits per heavy atom. The van der Waals surface area contributed by atoms with Crippen molar-refractivity contribution in [2.75, 3.05) is 6.61 Å². The van der Waals surface area contributed by atoms with Crippen molar-refractivity contribution >= 4 is 22.8 Å². The van der Waals surface area contributed by atoms with Crippen molar-refractivity contribution in [2.24, 2.45) is 0 Å². The molecule has 0 unspecified atom stereocenters. The molecular formula is C30H23N3O3. The number of pyridine rings is 1. The van der Waals surface area contributed by atoms with Crippen molar-refractivity contribution in [1.29, 1.82) is 0 Å². The number of hydrogen-bond acceptors (Lipinski definition) is 6. The third-order valence-corrected chi connectivity index (χ3v) is 5.83. The number of nitrogens with zero attached hydrogens (tertiary/aromatic N) is 3. The lowest BCUT2D eigenvalue weighted by Gasteiger charge is -2.12. The fourth-order valence-electron chi connectivity index (χ4n) is 3.82. The van der Waals surface area contributed by atoms with Crippen LogP contribution in [0.5, 0.6) is 0 Å². The van der Waals surface area contributed by atoms with E-state index in [1.807, 2.05) is 62.4 Å². The fourth-order valence-corrected chi connectivity index (χ4v) is 3.82. The average Bonchev–Trinajstić information content (AvgIpc) is 2.92. The van der Waals surface area contributed by atoms with E-state index in [-0.39, 0.29) is 18.1 Å². The molecule has 0 bridgehead atoms. The van der Waals surface area contributed by atoms with Crippen LogP contribution >= 0.6 is 0 Å². The minimum atomic E-state index is -0.609. The Balaban J connectivity index is 1.50. The highest BCUT2D eigenvalue weighted by Crippen LogP contribution is 2.31. The van der Waals surface area contributed by atoms with E-state index in [1.54, 1.807) is 36.4 Å². The van der Waals surface area contributed by atoms with Gasteiger partial charge >= 0.3 is 5.97 Å². The van der Waals surface area contributed by atoms with Crippen LogP contribution in [-0.2, 0) is 4.74 Å². The molecule has 5 aromatic rings. The summed E-state index contributed by atoms with van der Waals surface area (Å²) in [5.41, 5.74) is 7.45. The number of ether oxygens (including phenoxy) is 1. The lowest BCUT2D eigenvalue weighted by Crippen LogP contribution is -2.15. The first-order valence-corrected chi connectivity index (χ1v) is 11.6. The number of aryl methyl sites for hydroxylation is 2. The van der Waals surface area contributed by atoms with Gasteiger partial charge in [0.05, 0.1) is 28.0 Å². The number of carbonyl (C=O) groups excluding carboxylic acids is 2. The molecule has 0 fully saturated rings. The normalized spacial score (nSPS) is 10.8. The first-order chi connectivity index (χ1) is 17.5.